The van der Waals surface area contributed by atoms with Crippen LogP contribution in [-0.2, 0) is 0 Å². The van der Waals surface area contributed by atoms with Crippen LogP contribution in [0.5, 0.6) is 0 Å². The van der Waals surface area contributed by atoms with Gasteiger partial charge in [-0.15, -0.1) is 0 Å². The summed E-state index contributed by atoms with van der Waals surface area (Å²) in [7, 11) is 0. The third kappa shape index (κ3) is 4.41. The number of anilines is 1. The van der Waals surface area contributed by atoms with Crippen LogP contribution in [0.15, 0.2) is 30.5 Å². The van der Waals surface area contributed by atoms with E-state index >= 15 is 0 Å². The first kappa shape index (κ1) is 16.9. The lowest BCUT2D eigenvalue weighted by atomic mass is 9.96. The van der Waals surface area contributed by atoms with E-state index in [9.17, 15) is 10.1 Å². The van der Waals surface area contributed by atoms with E-state index in [-0.39, 0.29) is 11.1 Å². The molecule has 0 spiro atoms. The van der Waals surface area contributed by atoms with E-state index in [1.54, 1.807) is 0 Å². The Morgan fingerprint density at radius 2 is 1.86 bits per heavy atom. The van der Waals surface area contributed by atoms with Gasteiger partial charge in [0.05, 0.1) is 10.4 Å². The minimum Gasteiger partial charge on any atom is -0.378 e. The number of hydrogen-bond acceptors (Lipinski definition) is 4. The van der Waals surface area contributed by atoms with Crippen LogP contribution in [0.1, 0.15) is 34.6 Å². The summed E-state index contributed by atoms with van der Waals surface area (Å²) in [6.45, 7) is 10.9. The topological polar surface area (TPSA) is 68.1 Å². The van der Waals surface area contributed by atoms with E-state index in [2.05, 4.69) is 31.1 Å². The fraction of sp³-hybridized carbons (Fsp3) is 0.438. The van der Waals surface area contributed by atoms with E-state index in [0.29, 0.717) is 12.2 Å². The van der Waals surface area contributed by atoms with E-state index in [0.717, 1.165) is 10.9 Å². The van der Waals surface area contributed by atoms with Crippen molar-refractivity contribution in [2.75, 3.05) is 11.9 Å². The van der Waals surface area contributed by atoms with Gasteiger partial charge in [-0.2, -0.15) is 0 Å². The fourth-order valence-corrected chi connectivity index (χ4v) is 1.81. The summed E-state index contributed by atoms with van der Waals surface area (Å²) in [6.07, 6.45) is 1.31. The molecule has 1 aromatic carbocycles. The van der Waals surface area contributed by atoms with Gasteiger partial charge in [0.25, 0.3) is 0 Å². The maximum Gasteiger partial charge on any atom is 0.311 e. The van der Waals surface area contributed by atoms with Crippen molar-refractivity contribution in [2.24, 2.45) is 5.41 Å². The van der Waals surface area contributed by atoms with Gasteiger partial charge in [-0.25, -0.2) is 4.98 Å². The van der Waals surface area contributed by atoms with Crippen molar-refractivity contribution < 1.29 is 4.92 Å². The lowest BCUT2D eigenvalue weighted by Crippen LogP contribution is -2.19. The molecular weight excluding hydrogens is 266 g/mol. The first-order chi connectivity index (χ1) is 9.88. The zero-order valence-electron chi connectivity index (χ0n) is 13.3. The molecule has 0 aliphatic carbocycles. The number of rotatable bonds is 3. The number of para-hydroxylation sites is 1. The van der Waals surface area contributed by atoms with Gasteiger partial charge in [0.2, 0.25) is 0 Å². The SMILES string of the molecule is CC.CC(C)(C)CNc1c([N+](=O)[O-])cnc2ccccc12. The van der Waals surface area contributed by atoms with Crippen molar-refractivity contribution in [3.8, 4) is 0 Å². The first-order valence-electron chi connectivity index (χ1n) is 7.14. The number of nitro groups is 1. The second-order valence-electron chi connectivity index (χ2n) is 5.71. The van der Waals surface area contributed by atoms with Crippen LogP contribution < -0.4 is 5.32 Å². The highest BCUT2D eigenvalue weighted by molar-refractivity contribution is 5.95. The number of aromatic nitrogens is 1. The molecule has 0 atom stereocenters. The molecule has 0 aliphatic heterocycles. The minimum absolute atomic E-state index is 0.0166. The molecule has 0 unspecified atom stereocenters. The molecule has 0 aliphatic rings. The highest BCUT2D eigenvalue weighted by atomic mass is 16.6. The number of fused-ring (bicyclic) bond motifs is 1. The number of hydrogen-bond donors (Lipinski definition) is 1. The van der Waals surface area contributed by atoms with E-state index in [1.807, 2.05) is 38.1 Å². The standard InChI is InChI=1S/C14H17N3O2.C2H6/c1-14(2,3)9-16-13-10-6-4-5-7-11(10)15-8-12(13)17(18)19;1-2/h4-8H,9H2,1-3H3,(H,15,16);1-2H3. The van der Waals surface area contributed by atoms with Crippen LogP contribution in [0.2, 0.25) is 0 Å². The van der Waals surface area contributed by atoms with Gasteiger partial charge in [0, 0.05) is 11.9 Å². The molecule has 0 saturated heterocycles. The molecule has 114 valence electrons. The fourth-order valence-electron chi connectivity index (χ4n) is 1.81. The van der Waals surface area contributed by atoms with Crippen LogP contribution >= 0.6 is 0 Å². The molecular formula is C16H23N3O2. The van der Waals surface area contributed by atoms with Crippen LogP contribution in [0.3, 0.4) is 0 Å². The highest BCUT2D eigenvalue weighted by Gasteiger charge is 2.19. The monoisotopic (exact) mass is 289 g/mol. The van der Waals surface area contributed by atoms with Crippen molar-refractivity contribution in [1.29, 1.82) is 0 Å². The van der Waals surface area contributed by atoms with Gasteiger partial charge in [-0.1, -0.05) is 52.8 Å². The van der Waals surface area contributed by atoms with Crippen molar-refractivity contribution in [3.05, 3.63) is 40.6 Å². The van der Waals surface area contributed by atoms with E-state index < -0.39 is 4.92 Å². The Morgan fingerprint density at radius 3 is 2.43 bits per heavy atom. The van der Waals surface area contributed by atoms with Crippen molar-refractivity contribution in [3.63, 3.8) is 0 Å². The Kier molecular flexibility index (Phi) is 5.64. The van der Waals surface area contributed by atoms with Crippen LogP contribution in [0.4, 0.5) is 11.4 Å². The van der Waals surface area contributed by atoms with Crippen molar-refractivity contribution in [2.45, 2.75) is 34.6 Å². The van der Waals surface area contributed by atoms with Crippen molar-refractivity contribution >= 4 is 22.3 Å². The Balaban J connectivity index is 0.00000106. The van der Waals surface area contributed by atoms with Gasteiger partial charge < -0.3 is 5.32 Å². The molecule has 5 nitrogen and oxygen atoms in total. The quantitative estimate of drug-likeness (QED) is 0.661. The predicted octanol–water partition coefficient (Wildman–Crippen LogP) is 4.63. The summed E-state index contributed by atoms with van der Waals surface area (Å²) < 4.78 is 0. The number of nitrogens with one attached hydrogen (secondary N) is 1. The lowest BCUT2D eigenvalue weighted by molar-refractivity contribution is -0.384. The summed E-state index contributed by atoms with van der Waals surface area (Å²) in [5, 5.41) is 15.1. The van der Waals surface area contributed by atoms with Gasteiger partial charge in [0.15, 0.2) is 0 Å². The summed E-state index contributed by atoms with van der Waals surface area (Å²) in [4.78, 5) is 14.8. The van der Waals surface area contributed by atoms with Crippen LogP contribution in [-0.4, -0.2) is 16.5 Å². The molecule has 0 radical (unpaired) electrons. The van der Waals surface area contributed by atoms with Crippen LogP contribution in [0, 0.1) is 15.5 Å². The Labute approximate surface area is 125 Å². The molecule has 0 saturated carbocycles. The highest BCUT2D eigenvalue weighted by Crippen LogP contribution is 2.32. The third-order valence-electron chi connectivity index (χ3n) is 2.75. The molecule has 2 rings (SSSR count). The van der Waals surface area contributed by atoms with E-state index in [1.165, 1.54) is 6.20 Å². The minimum atomic E-state index is -0.398. The average Bonchev–Trinajstić information content (AvgIpc) is 2.45. The molecule has 21 heavy (non-hydrogen) atoms. The summed E-state index contributed by atoms with van der Waals surface area (Å²) in [5.41, 5.74) is 1.36. The predicted molar refractivity (Wildman–Crippen MR) is 87.7 cm³/mol. The number of benzene rings is 1. The summed E-state index contributed by atoms with van der Waals surface area (Å²) in [6, 6.07) is 7.42. The summed E-state index contributed by atoms with van der Waals surface area (Å²) in [5.74, 6) is 0. The van der Waals surface area contributed by atoms with E-state index in [4.69, 9.17) is 0 Å². The lowest BCUT2D eigenvalue weighted by Gasteiger charge is -2.20. The number of nitrogens with zero attached hydrogens (tertiary/aromatic N) is 2. The normalized spacial score (nSPS) is 10.7. The van der Waals surface area contributed by atoms with Gasteiger partial charge in [0.1, 0.15) is 11.9 Å². The average molecular weight is 289 g/mol. The zero-order valence-corrected chi connectivity index (χ0v) is 13.3. The molecule has 1 N–H and O–H groups in total. The Hall–Kier alpha value is -2.17. The smallest absolute Gasteiger partial charge is 0.311 e. The molecule has 1 aromatic heterocycles. The third-order valence-corrected chi connectivity index (χ3v) is 2.75. The number of pyridine rings is 1. The molecule has 1 heterocycles. The Bertz CT molecular complexity index is 618. The molecule has 2 aromatic rings. The maximum atomic E-state index is 11.1. The summed E-state index contributed by atoms with van der Waals surface area (Å²) >= 11 is 0. The molecule has 0 amide bonds. The van der Waals surface area contributed by atoms with Gasteiger partial charge in [-0.05, 0) is 11.5 Å². The largest absolute Gasteiger partial charge is 0.378 e. The molecule has 5 heteroatoms. The van der Waals surface area contributed by atoms with Crippen molar-refractivity contribution in [1.82, 2.24) is 4.98 Å². The molecule has 0 bridgehead atoms. The van der Waals surface area contributed by atoms with Crippen LogP contribution in [0.25, 0.3) is 10.9 Å². The second kappa shape index (κ2) is 7.02. The zero-order chi connectivity index (χ0) is 16.0. The second-order valence-corrected chi connectivity index (χ2v) is 5.71. The van der Waals surface area contributed by atoms with Gasteiger partial charge >= 0.3 is 5.69 Å². The van der Waals surface area contributed by atoms with Gasteiger partial charge in [-0.3, -0.25) is 10.1 Å². The molecule has 0 fully saturated rings. The first-order valence-corrected chi connectivity index (χ1v) is 7.14. The maximum absolute atomic E-state index is 11.1. The Morgan fingerprint density at radius 1 is 1.24 bits per heavy atom.